The molecule has 1 aromatic carbocycles. The van der Waals surface area contributed by atoms with E-state index in [4.69, 9.17) is 9.47 Å². The molecule has 0 unspecified atom stereocenters. The first-order valence-corrected chi connectivity index (χ1v) is 8.74. The number of likely N-dealkylation sites (tertiary alicyclic amines) is 1. The number of ether oxygens (including phenoxy) is 2. The SMILES string of the molecule is COc1ccc(OC[C@@H]2[C@H]3CC[C@H](C3)N2C(=O)c2cnn(C)c2)cc1. The maximum Gasteiger partial charge on any atom is 0.257 e. The van der Waals surface area contributed by atoms with Crippen LogP contribution in [0.25, 0.3) is 0 Å². The molecule has 4 rings (SSSR count). The lowest BCUT2D eigenvalue weighted by atomic mass is 9.99. The van der Waals surface area contributed by atoms with Crippen molar-refractivity contribution in [2.45, 2.75) is 31.3 Å². The molecule has 2 aliphatic rings. The van der Waals surface area contributed by atoms with Crippen LogP contribution in [0.4, 0.5) is 0 Å². The van der Waals surface area contributed by atoms with Crippen molar-refractivity contribution in [3.63, 3.8) is 0 Å². The van der Waals surface area contributed by atoms with Crippen LogP contribution in [-0.2, 0) is 7.05 Å². The molecular formula is C19H23N3O3. The lowest BCUT2D eigenvalue weighted by Crippen LogP contribution is -2.47. The number of hydrogen-bond donors (Lipinski definition) is 0. The van der Waals surface area contributed by atoms with Gasteiger partial charge in [-0.2, -0.15) is 5.10 Å². The maximum absolute atomic E-state index is 13.0. The summed E-state index contributed by atoms with van der Waals surface area (Å²) >= 11 is 0. The molecule has 1 aromatic heterocycles. The molecule has 132 valence electrons. The smallest absolute Gasteiger partial charge is 0.257 e. The first-order valence-electron chi connectivity index (χ1n) is 8.74. The zero-order chi connectivity index (χ0) is 17.4. The minimum atomic E-state index is 0.0728. The van der Waals surface area contributed by atoms with E-state index in [-0.39, 0.29) is 11.9 Å². The van der Waals surface area contributed by atoms with Gasteiger partial charge in [-0.3, -0.25) is 9.48 Å². The van der Waals surface area contributed by atoms with E-state index in [1.54, 1.807) is 24.2 Å². The maximum atomic E-state index is 13.0. The number of nitrogens with zero attached hydrogens (tertiary/aromatic N) is 3. The molecule has 2 heterocycles. The first-order chi connectivity index (χ1) is 12.2. The molecular weight excluding hydrogens is 318 g/mol. The summed E-state index contributed by atoms with van der Waals surface area (Å²) < 4.78 is 12.8. The van der Waals surface area contributed by atoms with Crippen LogP contribution in [-0.4, -0.2) is 46.4 Å². The standard InChI is InChI=1S/C19H23N3O3/c1-21-11-14(10-20-21)19(23)22-15-4-3-13(9-15)18(22)12-25-17-7-5-16(24-2)6-8-17/h5-8,10-11,13,15,18H,3-4,9,12H2,1-2H3/t13-,15+,18+/m0/s1. The van der Waals surface area contributed by atoms with Gasteiger partial charge in [-0.25, -0.2) is 0 Å². The van der Waals surface area contributed by atoms with Gasteiger partial charge in [0.05, 0.1) is 24.9 Å². The van der Waals surface area contributed by atoms with Gasteiger partial charge in [-0.05, 0) is 49.4 Å². The first kappa shape index (κ1) is 16.0. The van der Waals surface area contributed by atoms with Gasteiger partial charge in [0.1, 0.15) is 18.1 Å². The second-order valence-electron chi connectivity index (χ2n) is 6.90. The number of fused-ring (bicyclic) bond motifs is 2. The van der Waals surface area contributed by atoms with Crippen molar-refractivity contribution in [3.05, 3.63) is 42.2 Å². The van der Waals surface area contributed by atoms with Crippen LogP contribution in [0.2, 0.25) is 0 Å². The Labute approximate surface area is 147 Å². The largest absolute Gasteiger partial charge is 0.497 e. The number of aryl methyl sites for hydroxylation is 1. The topological polar surface area (TPSA) is 56.6 Å². The Bertz CT molecular complexity index is 756. The Morgan fingerprint density at radius 2 is 2.00 bits per heavy atom. The zero-order valence-corrected chi connectivity index (χ0v) is 14.6. The van der Waals surface area contributed by atoms with Gasteiger partial charge in [0.2, 0.25) is 0 Å². The number of amides is 1. The van der Waals surface area contributed by atoms with E-state index < -0.39 is 0 Å². The number of carbonyl (C=O) groups excluding carboxylic acids is 1. The summed E-state index contributed by atoms with van der Waals surface area (Å²) in [4.78, 5) is 15.0. The third kappa shape index (κ3) is 2.97. The lowest BCUT2D eigenvalue weighted by Gasteiger charge is -2.35. The molecule has 2 fully saturated rings. The van der Waals surface area contributed by atoms with Gasteiger partial charge in [0.25, 0.3) is 5.91 Å². The van der Waals surface area contributed by atoms with E-state index in [0.29, 0.717) is 24.1 Å². The fraction of sp³-hybridized carbons (Fsp3) is 0.474. The van der Waals surface area contributed by atoms with Crippen LogP contribution in [0, 0.1) is 5.92 Å². The zero-order valence-electron chi connectivity index (χ0n) is 14.6. The van der Waals surface area contributed by atoms with Gasteiger partial charge in [0.15, 0.2) is 0 Å². The van der Waals surface area contributed by atoms with E-state index in [9.17, 15) is 4.79 Å². The van der Waals surface area contributed by atoms with Crippen molar-refractivity contribution >= 4 is 5.91 Å². The number of piperidine rings is 1. The molecule has 6 nitrogen and oxygen atoms in total. The Morgan fingerprint density at radius 3 is 2.68 bits per heavy atom. The predicted octanol–water partition coefficient (Wildman–Crippen LogP) is 2.50. The normalized spacial score (nSPS) is 24.6. The number of hydrogen-bond acceptors (Lipinski definition) is 4. The van der Waals surface area contributed by atoms with E-state index in [1.165, 1.54) is 6.42 Å². The van der Waals surface area contributed by atoms with Crippen molar-refractivity contribution in [2.24, 2.45) is 13.0 Å². The highest BCUT2D eigenvalue weighted by molar-refractivity contribution is 5.94. The summed E-state index contributed by atoms with van der Waals surface area (Å²) in [7, 11) is 3.48. The van der Waals surface area contributed by atoms with Crippen molar-refractivity contribution in [1.29, 1.82) is 0 Å². The fourth-order valence-electron chi connectivity index (χ4n) is 4.16. The number of benzene rings is 1. The molecule has 2 aromatic rings. The van der Waals surface area contributed by atoms with Crippen LogP contribution >= 0.6 is 0 Å². The monoisotopic (exact) mass is 341 g/mol. The summed E-state index contributed by atoms with van der Waals surface area (Å²) in [5, 5.41) is 4.13. The van der Waals surface area contributed by atoms with E-state index in [1.807, 2.05) is 36.2 Å². The fourth-order valence-corrected chi connectivity index (χ4v) is 4.16. The summed E-state index contributed by atoms with van der Waals surface area (Å²) in [6.07, 6.45) is 6.79. The van der Waals surface area contributed by atoms with Crippen molar-refractivity contribution in [3.8, 4) is 11.5 Å². The molecule has 2 bridgehead atoms. The molecule has 0 radical (unpaired) electrons. The van der Waals surface area contributed by atoms with Crippen LogP contribution in [0.5, 0.6) is 11.5 Å². The summed E-state index contributed by atoms with van der Waals surface area (Å²) in [6, 6.07) is 8.04. The number of aromatic nitrogens is 2. The van der Waals surface area contributed by atoms with Crippen molar-refractivity contribution in [1.82, 2.24) is 14.7 Å². The number of carbonyl (C=O) groups is 1. The molecule has 25 heavy (non-hydrogen) atoms. The van der Waals surface area contributed by atoms with Gasteiger partial charge in [0, 0.05) is 19.3 Å². The Morgan fingerprint density at radius 1 is 1.24 bits per heavy atom. The molecule has 0 N–H and O–H groups in total. The quantitative estimate of drug-likeness (QED) is 0.838. The predicted molar refractivity (Wildman–Crippen MR) is 92.8 cm³/mol. The third-order valence-corrected chi connectivity index (χ3v) is 5.41. The molecule has 1 aliphatic carbocycles. The van der Waals surface area contributed by atoms with Crippen LogP contribution < -0.4 is 9.47 Å². The van der Waals surface area contributed by atoms with Gasteiger partial charge >= 0.3 is 0 Å². The Balaban J connectivity index is 1.47. The van der Waals surface area contributed by atoms with Crippen LogP contribution in [0.3, 0.4) is 0 Å². The van der Waals surface area contributed by atoms with E-state index in [0.717, 1.165) is 24.3 Å². The average molecular weight is 341 g/mol. The molecule has 1 aliphatic heterocycles. The molecule has 1 saturated heterocycles. The molecule has 1 saturated carbocycles. The third-order valence-electron chi connectivity index (χ3n) is 5.41. The summed E-state index contributed by atoms with van der Waals surface area (Å²) in [5.74, 6) is 2.21. The lowest BCUT2D eigenvalue weighted by molar-refractivity contribution is 0.0505. The molecule has 3 atom stereocenters. The Hall–Kier alpha value is -2.50. The van der Waals surface area contributed by atoms with Crippen LogP contribution in [0.1, 0.15) is 29.6 Å². The average Bonchev–Trinajstić information content (AvgIpc) is 3.35. The summed E-state index contributed by atoms with van der Waals surface area (Å²) in [6.45, 7) is 0.527. The van der Waals surface area contributed by atoms with Gasteiger partial charge in [-0.15, -0.1) is 0 Å². The highest BCUT2D eigenvalue weighted by atomic mass is 16.5. The van der Waals surface area contributed by atoms with E-state index >= 15 is 0 Å². The minimum Gasteiger partial charge on any atom is -0.497 e. The van der Waals surface area contributed by atoms with Crippen molar-refractivity contribution in [2.75, 3.05) is 13.7 Å². The highest BCUT2D eigenvalue weighted by Crippen LogP contribution is 2.43. The van der Waals surface area contributed by atoms with E-state index in [2.05, 4.69) is 5.10 Å². The molecule has 0 spiro atoms. The second-order valence-corrected chi connectivity index (χ2v) is 6.90. The van der Waals surface area contributed by atoms with Crippen LogP contribution in [0.15, 0.2) is 36.7 Å². The van der Waals surface area contributed by atoms with Gasteiger partial charge in [-0.1, -0.05) is 0 Å². The molecule has 1 amide bonds. The van der Waals surface area contributed by atoms with Gasteiger partial charge < -0.3 is 14.4 Å². The number of rotatable bonds is 5. The second kappa shape index (κ2) is 6.43. The number of methoxy groups -OCH3 is 1. The van der Waals surface area contributed by atoms with Crippen molar-refractivity contribution < 1.29 is 14.3 Å². The Kier molecular flexibility index (Phi) is 4.11. The molecule has 6 heteroatoms. The highest BCUT2D eigenvalue weighted by Gasteiger charge is 2.48. The minimum absolute atomic E-state index is 0.0728. The summed E-state index contributed by atoms with van der Waals surface area (Å²) in [5.41, 5.74) is 0.657.